The largest absolute Gasteiger partial charge is 2.00 e. The summed E-state index contributed by atoms with van der Waals surface area (Å²) in [6, 6.07) is 34.8. The number of methoxy groups -OCH3 is 2. The number of para-hydroxylation sites is 4. The molecule has 75 heavy (non-hydrogen) atoms. The SMILES string of the molecule is CCc1c(Cl)ccc(S(=O)(=O)O)c1N=Nc1c(O)c(C(=O)Nc2ccccc2OC)cc2ccccc12.CCc1c(Cl)ccc(S(=O)(=O)O)c1N=Nc1c([O-])c(C([O-])=Nc2ccccc2OC)cc2ccccc12.[Ba+2]. The van der Waals surface area contributed by atoms with Gasteiger partial charge in [0.1, 0.15) is 44.0 Å². The van der Waals surface area contributed by atoms with E-state index >= 15 is 0 Å². The maximum atomic E-state index is 13.4. The standard InChI is InChI=1S/2C26H22ClN3O6S.Ba/c2*1-3-16-19(27)12-13-22(37(33,34)35)23(16)29-30-24-17-9-5-4-8-15(17)14-18(25(24)31)26(32)28-20-10-6-7-11-21(20)36-2;/h2*4-14,31H,3H2,1-2H3,(H,28,32)(H,33,34,35);/q;;+2/p-2. The van der Waals surface area contributed by atoms with E-state index in [4.69, 9.17) is 32.7 Å². The number of aliphatic imine (C=N–C) groups is 1. The summed E-state index contributed by atoms with van der Waals surface area (Å²) in [5.74, 6) is -1.87. The first-order valence-corrected chi connectivity index (χ1v) is 25.7. The maximum absolute atomic E-state index is 13.4. The van der Waals surface area contributed by atoms with E-state index in [2.05, 4.69) is 30.8 Å². The molecular weight excluding hydrogens is 1170 g/mol. The van der Waals surface area contributed by atoms with Crippen LogP contribution in [0.4, 0.5) is 34.1 Å². The van der Waals surface area contributed by atoms with Gasteiger partial charge in [0.15, 0.2) is 5.75 Å². The summed E-state index contributed by atoms with van der Waals surface area (Å²) in [7, 11) is -6.42. The van der Waals surface area contributed by atoms with E-state index in [-0.39, 0.29) is 105 Å². The molecule has 0 aliphatic heterocycles. The maximum Gasteiger partial charge on any atom is 2.00 e. The van der Waals surface area contributed by atoms with Crippen molar-refractivity contribution >= 4 is 160 Å². The molecular formula is C52H42BaCl2N6O12S2. The van der Waals surface area contributed by atoms with Gasteiger partial charge >= 0.3 is 48.9 Å². The molecule has 0 unspecified atom stereocenters. The molecule has 0 aliphatic rings. The Hall–Kier alpha value is -6.41. The van der Waals surface area contributed by atoms with Crippen LogP contribution >= 0.6 is 23.2 Å². The molecule has 8 rings (SSSR count). The second-order valence-electron chi connectivity index (χ2n) is 15.7. The van der Waals surface area contributed by atoms with Gasteiger partial charge in [0.25, 0.3) is 26.1 Å². The van der Waals surface area contributed by atoms with Gasteiger partial charge in [0.05, 0.1) is 31.2 Å². The number of aromatic hydroxyl groups is 1. The zero-order valence-electron chi connectivity index (χ0n) is 40.1. The Kier molecular flexibility index (Phi) is 19.3. The van der Waals surface area contributed by atoms with E-state index in [1.165, 1.54) is 38.5 Å². The van der Waals surface area contributed by atoms with Gasteiger partial charge in [0.2, 0.25) is 0 Å². The number of anilines is 1. The van der Waals surface area contributed by atoms with E-state index in [1.54, 1.807) is 111 Å². The smallest absolute Gasteiger partial charge is 0.871 e. The molecule has 0 aliphatic carbocycles. The molecule has 0 saturated heterocycles. The summed E-state index contributed by atoms with van der Waals surface area (Å²) in [4.78, 5) is 16.2. The number of phenols is 1. The van der Waals surface area contributed by atoms with E-state index in [0.717, 1.165) is 12.1 Å². The molecule has 0 bridgehead atoms. The Balaban J connectivity index is 0.000000241. The molecule has 0 heterocycles. The number of fused-ring (bicyclic) bond motifs is 2. The van der Waals surface area contributed by atoms with Crippen LogP contribution in [0.25, 0.3) is 21.5 Å². The molecule has 0 spiro atoms. The molecule has 4 N–H and O–H groups in total. The minimum Gasteiger partial charge on any atom is -0.871 e. The van der Waals surface area contributed by atoms with Gasteiger partial charge in [-0.3, -0.25) is 18.9 Å². The molecule has 0 aromatic heterocycles. The zero-order chi connectivity index (χ0) is 53.5. The molecule has 8 aromatic carbocycles. The second kappa shape index (κ2) is 25.0. The Morgan fingerprint density at radius 3 is 1.57 bits per heavy atom. The monoisotopic (exact) mass is 1210 g/mol. The number of carbonyl (C=O) groups excluding carboxylic acids is 1. The molecule has 18 nitrogen and oxygen atoms in total. The van der Waals surface area contributed by atoms with Gasteiger partial charge in [-0.15, -0.1) is 15.3 Å². The van der Waals surface area contributed by atoms with Crippen LogP contribution in [0.1, 0.15) is 40.9 Å². The quantitative estimate of drug-likeness (QED) is 0.0260. The van der Waals surface area contributed by atoms with E-state index in [1.807, 2.05) is 0 Å². The Morgan fingerprint density at radius 1 is 0.613 bits per heavy atom. The molecule has 23 heteroatoms. The van der Waals surface area contributed by atoms with Crippen molar-refractivity contribution in [3.63, 3.8) is 0 Å². The third-order valence-corrected chi connectivity index (χ3v) is 13.7. The number of phenolic OH excluding ortho intramolecular Hbond substituents is 1. The van der Waals surface area contributed by atoms with Gasteiger partial charge in [-0.2, -0.15) is 21.9 Å². The van der Waals surface area contributed by atoms with Crippen molar-refractivity contribution in [1.29, 1.82) is 0 Å². The fourth-order valence-corrected chi connectivity index (χ4v) is 9.55. The number of amides is 1. The minimum atomic E-state index is -4.67. The molecule has 8 aromatic rings. The molecule has 380 valence electrons. The first-order valence-electron chi connectivity index (χ1n) is 22.0. The van der Waals surface area contributed by atoms with Crippen molar-refractivity contribution in [2.24, 2.45) is 25.4 Å². The molecule has 0 fully saturated rings. The number of rotatable bonds is 14. The number of benzene rings is 8. The summed E-state index contributed by atoms with van der Waals surface area (Å²) in [5.41, 5.74) is 0.341. The number of hydrogen-bond donors (Lipinski definition) is 4. The van der Waals surface area contributed by atoms with E-state index < -0.39 is 53.3 Å². The number of halogens is 2. The fraction of sp³-hybridized carbons (Fsp3) is 0.115. The first kappa shape index (κ1) is 57.9. The van der Waals surface area contributed by atoms with Crippen molar-refractivity contribution in [1.82, 2.24) is 0 Å². The van der Waals surface area contributed by atoms with Gasteiger partial charge in [-0.05, 0) is 107 Å². The second-order valence-corrected chi connectivity index (χ2v) is 19.3. The number of ether oxygens (including phenoxy) is 2. The topological polar surface area (TPSA) is 284 Å². The predicted octanol–water partition coefficient (Wildman–Crippen LogP) is 11.5. The number of hydrogen-bond acceptors (Lipinski definition) is 15. The Bertz CT molecular complexity index is 3830. The third-order valence-electron chi connectivity index (χ3n) is 11.2. The number of nitrogens with one attached hydrogen (secondary N) is 1. The van der Waals surface area contributed by atoms with Crippen LogP contribution in [0.3, 0.4) is 0 Å². The van der Waals surface area contributed by atoms with Crippen LogP contribution in [0, 0.1) is 0 Å². The first-order chi connectivity index (χ1) is 35.3. The predicted molar refractivity (Wildman–Crippen MR) is 285 cm³/mol. The molecule has 0 atom stereocenters. The van der Waals surface area contributed by atoms with Crippen LogP contribution in [0.15, 0.2) is 169 Å². The molecule has 1 amide bonds. The normalized spacial score (nSPS) is 11.9. The van der Waals surface area contributed by atoms with Crippen molar-refractivity contribution in [2.45, 2.75) is 36.5 Å². The van der Waals surface area contributed by atoms with Crippen LogP contribution in [0.5, 0.6) is 23.0 Å². The van der Waals surface area contributed by atoms with Gasteiger partial charge in [-0.1, -0.05) is 116 Å². The molecule has 0 radical (unpaired) electrons. The van der Waals surface area contributed by atoms with E-state index in [9.17, 15) is 46.1 Å². The van der Waals surface area contributed by atoms with Crippen molar-refractivity contribution < 1.29 is 55.5 Å². The Morgan fingerprint density at radius 2 is 1.05 bits per heavy atom. The van der Waals surface area contributed by atoms with Crippen molar-refractivity contribution in [3.8, 4) is 23.0 Å². The number of azo groups is 2. The third kappa shape index (κ3) is 13.0. The van der Waals surface area contributed by atoms with Crippen LogP contribution in [0.2, 0.25) is 10.0 Å². The summed E-state index contributed by atoms with van der Waals surface area (Å²) in [6.07, 6.45) is 0.572. The van der Waals surface area contributed by atoms with Crippen LogP contribution in [-0.4, -0.2) is 106 Å². The Labute approximate surface area is 481 Å². The van der Waals surface area contributed by atoms with Crippen molar-refractivity contribution in [3.05, 3.63) is 166 Å². The number of nitrogens with zero attached hydrogens (tertiary/aromatic N) is 5. The van der Waals surface area contributed by atoms with Crippen LogP contribution in [-0.2, 0) is 33.1 Å². The minimum absolute atomic E-state index is 0. The van der Waals surface area contributed by atoms with Gasteiger partial charge in [-0.25, -0.2) is 0 Å². The van der Waals surface area contributed by atoms with Crippen molar-refractivity contribution in [2.75, 3.05) is 19.5 Å². The zero-order valence-corrected chi connectivity index (χ0v) is 47.7. The average molecular weight is 1220 g/mol. The summed E-state index contributed by atoms with van der Waals surface area (Å²) in [6.45, 7) is 3.46. The summed E-state index contributed by atoms with van der Waals surface area (Å²) >= 11 is 12.5. The van der Waals surface area contributed by atoms with Crippen LogP contribution < -0.4 is 25.0 Å². The van der Waals surface area contributed by atoms with Gasteiger partial charge < -0.3 is 30.1 Å². The molecule has 0 saturated carbocycles. The fourth-order valence-electron chi connectivity index (χ4n) is 7.68. The average Bonchev–Trinajstić information content (AvgIpc) is 3.37. The number of carbonyl (C=O) groups is 1. The van der Waals surface area contributed by atoms with Gasteiger partial charge in [0, 0.05) is 20.8 Å². The summed E-state index contributed by atoms with van der Waals surface area (Å²) in [5, 5.41) is 59.1. The van der Waals surface area contributed by atoms with E-state index in [0.29, 0.717) is 56.3 Å². The summed E-state index contributed by atoms with van der Waals surface area (Å²) < 4.78 is 77.9.